The first-order valence-electron chi connectivity index (χ1n) is 7.64. The van der Waals surface area contributed by atoms with Crippen molar-refractivity contribution in [1.29, 1.82) is 0 Å². The van der Waals surface area contributed by atoms with Gasteiger partial charge in [-0.1, -0.05) is 24.1 Å². The van der Waals surface area contributed by atoms with E-state index in [9.17, 15) is 13.2 Å². The van der Waals surface area contributed by atoms with E-state index in [-0.39, 0.29) is 17.9 Å². The number of carbonyl (C=O) groups is 1. The molecule has 0 fully saturated rings. The van der Waals surface area contributed by atoms with Crippen LogP contribution < -0.4 is 14.2 Å². The van der Waals surface area contributed by atoms with Crippen molar-refractivity contribution in [3.05, 3.63) is 59.0 Å². The molecule has 0 saturated carbocycles. The third kappa shape index (κ3) is 5.52. The Labute approximate surface area is 157 Å². The number of carboxylic acid groups (broad SMARTS) is 1. The summed E-state index contributed by atoms with van der Waals surface area (Å²) < 4.78 is 37.3. The van der Waals surface area contributed by atoms with Gasteiger partial charge in [0.15, 0.2) is 11.5 Å². The number of anilines is 1. The molecule has 0 atom stereocenters. The van der Waals surface area contributed by atoms with E-state index in [1.165, 1.54) is 37.5 Å². The molecular weight excluding hydrogens is 370 g/mol. The SMILES string of the molecule is C#CCOc1cc(C=CS(=O)(=O)Nc2ccccc2C(=O)O)ccc1OC. The van der Waals surface area contributed by atoms with E-state index in [2.05, 4.69) is 10.6 Å². The van der Waals surface area contributed by atoms with E-state index >= 15 is 0 Å². The molecule has 0 aromatic heterocycles. The van der Waals surface area contributed by atoms with Gasteiger partial charge in [-0.3, -0.25) is 4.72 Å². The Kier molecular flexibility index (Phi) is 6.46. The summed E-state index contributed by atoms with van der Waals surface area (Å²) in [5.74, 6) is 1.93. The molecule has 0 spiro atoms. The van der Waals surface area contributed by atoms with E-state index in [1.807, 2.05) is 0 Å². The number of carboxylic acids is 1. The Hall–Kier alpha value is -3.44. The lowest BCUT2D eigenvalue weighted by Crippen LogP contribution is -2.12. The predicted octanol–water partition coefficient (Wildman–Crippen LogP) is 2.82. The lowest BCUT2D eigenvalue weighted by atomic mass is 10.2. The first-order valence-corrected chi connectivity index (χ1v) is 9.18. The van der Waals surface area contributed by atoms with Crippen molar-refractivity contribution in [3.8, 4) is 23.8 Å². The molecule has 2 aromatic rings. The zero-order chi connectivity index (χ0) is 19.9. The highest BCUT2D eigenvalue weighted by atomic mass is 32.2. The number of sulfonamides is 1. The molecule has 7 nitrogen and oxygen atoms in total. The molecule has 2 aromatic carbocycles. The molecular formula is C19H17NO6S. The Morgan fingerprint density at radius 2 is 2.00 bits per heavy atom. The minimum absolute atomic E-state index is 0.0255. The lowest BCUT2D eigenvalue weighted by molar-refractivity contribution is 0.0698. The van der Waals surface area contributed by atoms with E-state index in [4.69, 9.17) is 21.0 Å². The summed E-state index contributed by atoms with van der Waals surface area (Å²) in [4.78, 5) is 11.2. The van der Waals surface area contributed by atoms with Gasteiger partial charge in [-0.25, -0.2) is 13.2 Å². The normalized spacial score (nSPS) is 11.0. The first kappa shape index (κ1) is 19.9. The van der Waals surface area contributed by atoms with Gasteiger partial charge in [0.2, 0.25) is 0 Å². The molecule has 0 bridgehead atoms. The lowest BCUT2D eigenvalue weighted by Gasteiger charge is -2.10. The summed E-state index contributed by atoms with van der Waals surface area (Å²) in [5.41, 5.74) is 0.353. The number of terminal acetylenes is 1. The van der Waals surface area contributed by atoms with Crippen LogP contribution in [-0.2, 0) is 10.0 Å². The van der Waals surface area contributed by atoms with E-state index in [1.54, 1.807) is 18.2 Å². The number of ether oxygens (including phenoxy) is 2. The molecule has 8 heteroatoms. The zero-order valence-corrected chi connectivity index (χ0v) is 15.2. The maximum atomic E-state index is 12.3. The summed E-state index contributed by atoms with van der Waals surface area (Å²) in [6.45, 7) is 0.0371. The number of hydrogen-bond acceptors (Lipinski definition) is 5. The summed E-state index contributed by atoms with van der Waals surface area (Å²) in [6.07, 6.45) is 6.51. The molecule has 0 unspecified atom stereocenters. The van der Waals surface area contributed by atoms with E-state index in [0.29, 0.717) is 17.1 Å². The predicted molar refractivity (Wildman–Crippen MR) is 102 cm³/mol. The monoisotopic (exact) mass is 387 g/mol. The Morgan fingerprint density at radius 3 is 2.67 bits per heavy atom. The van der Waals surface area contributed by atoms with Crippen LogP contribution in [0.1, 0.15) is 15.9 Å². The van der Waals surface area contributed by atoms with Crippen LogP contribution in [0.2, 0.25) is 0 Å². The first-order chi connectivity index (χ1) is 12.9. The zero-order valence-electron chi connectivity index (χ0n) is 14.4. The molecule has 0 radical (unpaired) electrons. The average Bonchev–Trinajstić information content (AvgIpc) is 2.64. The van der Waals surface area contributed by atoms with Crippen LogP contribution in [0.5, 0.6) is 11.5 Å². The van der Waals surface area contributed by atoms with Gasteiger partial charge in [-0.15, -0.1) is 6.42 Å². The molecule has 0 aliphatic carbocycles. The molecule has 0 amide bonds. The number of aromatic carboxylic acids is 1. The second-order valence-electron chi connectivity index (χ2n) is 5.20. The Balaban J connectivity index is 2.24. The third-order valence-corrected chi connectivity index (χ3v) is 4.35. The van der Waals surface area contributed by atoms with Crippen LogP contribution in [0.4, 0.5) is 5.69 Å². The number of hydrogen-bond donors (Lipinski definition) is 2. The van der Waals surface area contributed by atoms with Crippen LogP contribution in [0.25, 0.3) is 6.08 Å². The van der Waals surface area contributed by atoms with Gasteiger partial charge in [0.05, 0.1) is 23.8 Å². The van der Waals surface area contributed by atoms with Crippen LogP contribution in [0.15, 0.2) is 47.9 Å². The van der Waals surface area contributed by atoms with Crippen molar-refractivity contribution in [2.75, 3.05) is 18.4 Å². The summed E-state index contributed by atoms with van der Waals surface area (Å²) >= 11 is 0. The molecule has 2 N–H and O–H groups in total. The van der Waals surface area contributed by atoms with E-state index < -0.39 is 16.0 Å². The molecule has 27 heavy (non-hydrogen) atoms. The fourth-order valence-corrected chi connectivity index (χ4v) is 3.03. The van der Waals surface area contributed by atoms with Crippen molar-refractivity contribution >= 4 is 27.8 Å². The van der Waals surface area contributed by atoms with Gasteiger partial charge in [0.25, 0.3) is 10.0 Å². The van der Waals surface area contributed by atoms with Gasteiger partial charge in [-0.2, -0.15) is 0 Å². The number of methoxy groups -OCH3 is 1. The molecule has 0 heterocycles. The van der Waals surface area contributed by atoms with Crippen molar-refractivity contribution in [3.63, 3.8) is 0 Å². The number of para-hydroxylation sites is 1. The second-order valence-corrected chi connectivity index (χ2v) is 6.77. The van der Waals surface area contributed by atoms with Crippen LogP contribution in [0.3, 0.4) is 0 Å². The highest BCUT2D eigenvalue weighted by Crippen LogP contribution is 2.28. The van der Waals surface area contributed by atoms with Crippen molar-refractivity contribution < 1.29 is 27.8 Å². The van der Waals surface area contributed by atoms with Crippen LogP contribution in [-0.4, -0.2) is 33.2 Å². The molecule has 0 aliphatic heterocycles. The molecule has 0 aliphatic rings. The molecule has 140 valence electrons. The molecule has 2 rings (SSSR count). The standard InChI is InChI=1S/C19H17NO6S/c1-3-11-26-18-13-14(8-9-17(18)25-2)10-12-27(23,24)20-16-7-5-4-6-15(16)19(21)22/h1,4-10,12-13,20H,11H2,2H3,(H,21,22). The smallest absolute Gasteiger partial charge is 0.337 e. The minimum Gasteiger partial charge on any atom is -0.493 e. The quantitative estimate of drug-likeness (QED) is 0.676. The minimum atomic E-state index is -3.93. The van der Waals surface area contributed by atoms with E-state index in [0.717, 1.165) is 5.41 Å². The average molecular weight is 387 g/mol. The topological polar surface area (TPSA) is 102 Å². The van der Waals surface area contributed by atoms with Gasteiger partial charge in [0.1, 0.15) is 6.61 Å². The van der Waals surface area contributed by atoms with Gasteiger partial charge in [0, 0.05) is 0 Å². The fourth-order valence-electron chi connectivity index (χ4n) is 2.14. The maximum absolute atomic E-state index is 12.3. The number of rotatable bonds is 8. The van der Waals surface area contributed by atoms with Crippen LogP contribution in [0, 0.1) is 12.3 Å². The second kappa shape index (κ2) is 8.78. The van der Waals surface area contributed by atoms with Crippen molar-refractivity contribution in [2.24, 2.45) is 0 Å². The van der Waals surface area contributed by atoms with Crippen molar-refractivity contribution in [1.82, 2.24) is 0 Å². The number of benzene rings is 2. The van der Waals surface area contributed by atoms with Gasteiger partial charge in [-0.05, 0) is 35.9 Å². The Morgan fingerprint density at radius 1 is 1.26 bits per heavy atom. The van der Waals surface area contributed by atoms with Gasteiger partial charge < -0.3 is 14.6 Å². The van der Waals surface area contributed by atoms with Gasteiger partial charge >= 0.3 is 5.97 Å². The summed E-state index contributed by atoms with van der Waals surface area (Å²) in [7, 11) is -2.46. The highest BCUT2D eigenvalue weighted by Gasteiger charge is 2.13. The fraction of sp³-hybridized carbons (Fsp3) is 0.105. The molecule has 0 saturated heterocycles. The third-order valence-electron chi connectivity index (χ3n) is 3.35. The highest BCUT2D eigenvalue weighted by molar-refractivity contribution is 7.95. The maximum Gasteiger partial charge on any atom is 0.337 e. The summed E-state index contributed by atoms with van der Waals surface area (Å²) in [5, 5.41) is 10.1. The van der Waals surface area contributed by atoms with Crippen molar-refractivity contribution in [2.45, 2.75) is 0 Å². The Bertz CT molecular complexity index is 1010. The van der Waals surface area contributed by atoms with Crippen LogP contribution >= 0.6 is 0 Å². The summed E-state index contributed by atoms with van der Waals surface area (Å²) in [6, 6.07) is 10.5. The largest absolute Gasteiger partial charge is 0.493 e. The number of nitrogens with one attached hydrogen (secondary N) is 1.